The summed E-state index contributed by atoms with van der Waals surface area (Å²) in [6.07, 6.45) is 2.44. The lowest BCUT2D eigenvalue weighted by atomic mass is 9.75. The Morgan fingerprint density at radius 3 is 2.00 bits per heavy atom. The van der Waals surface area contributed by atoms with Crippen LogP contribution in [0.4, 0.5) is 0 Å². The van der Waals surface area contributed by atoms with Crippen molar-refractivity contribution >= 4 is 16.9 Å². The Kier molecular flexibility index (Phi) is 2.95. The predicted octanol–water partition coefficient (Wildman–Crippen LogP) is 6.08. The standard InChI is InChI=1S/C23H18S/c1-16-14-20(17-12-13-24-15-17)22-21(16)23(22,18-8-4-2-5-9-18)19-10-6-3-7-11-19/h2-16H,1H3. The molecule has 1 heterocycles. The minimum atomic E-state index is -0.0199. The molecule has 0 saturated carbocycles. The normalized spacial score (nSPS) is 20.7. The average Bonchev–Trinajstić information content (AvgIpc) is 2.92. The Balaban J connectivity index is 1.72. The summed E-state index contributed by atoms with van der Waals surface area (Å²) < 4.78 is 0. The van der Waals surface area contributed by atoms with Gasteiger partial charge in [-0.25, -0.2) is 0 Å². The fourth-order valence-electron chi connectivity index (χ4n) is 4.43. The van der Waals surface area contributed by atoms with E-state index in [1.54, 1.807) is 16.9 Å². The minimum absolute atomic E-state index is 0.0199. The maximum absolute atomic E-state index is 2.44. The third-order valence-corrected chi connectivity index (χ3v) is 6.06. The molecule has 24 heavy (non-hydrogen) atoms. The van der Waals surface area contributed by atoms with Crippen LogP contribution in [-0.2, 0) is 5.41 Å². The van der Waals surface area contributed by atoms with E-state index < -0.39 is 0 Å². The van der Waals surface area contributed by atoms with E-state index in [0.29, 0.717) is 5.92 Å². The van der Waals surface area contributed by atoms with Gasteiger partial charge in [0.05, 0.1) is 5.41 Å². The number of thiophene rings is 1. The Hall–Kier alpha value is -2.38. The molecule has 1 aromatic heterocycles. The van der Waals surface area contributed by atoms with Crippen molar-refractivity contribution in [3.05, 3.63) is 111 Å². The lowest BCUT2D eigenvalue weighted by molar-refractivity contribution is 0.761. The molecule has 0 radical (unpaired) electrons. The van der Waals surface area contributed by atoms with E-state index in [0.717, 1.165) is 0 Å². The zero-order valence-corrected chi connectivity index (χ0v) is 14.4. The Morgan fingerprint density at radius 2 is 1.46 bits per heavy atom. The summed E-state index contributed by atoms with van der Waals surface area (Å²) in [5.74, 6) is 0.496. The van der Waals surface area contributed by atoms with Gasteiger partial charge in [0, 0.05) is 0 Å². The zero-order valence-electron chi connectivity index (χ0n) is 13.6. The van der Waals surface area contributed by atoms with Gasteiger partial charge in [-0.15, -0.1) is 0 Å². The number of hydrogen-bond acceptors (Lipinski definition) is 1. The summed E-state index contributed by atoms with van der Waals surface area (Å²) in [5.41, 5.74) is 8.69. The topological polar surface area (TPSA) is 0 Å². The summed E-state index contributed by atoms with van der Waals surface area (Å²) in [4.78, 5) is 0. The van der Waals surface area contributed by atoms with Crippen molar-refractivity contribution in [2.45, 2.75) is 12.3 Å². The van der Waals surface area contributed by atoms with Crippen LogP contribution >= 0.6 is 11.3 Å². The second kappa shape index (κ2) is 5.06. The van der Waals surface area contributed by atoms with Crippen LogP contribution in [0.15, 0.2) is 94.7 Å². The number of rotatable bonds is 3. The summed E-state index contributed by atoms with van der Waals surface area (Å²) in [6.45, 7) is 2.34. The first kappa shape index (κ1) is 14.0. The first-order valence-electron chi connectivity index (χ1n) is 8.44. The molecule has 2 aromatic carbocycles. The smallest absolute Gasteiger partial charge is 0.0679 e. The highest BCUT2D eigenvalue weighted by Crippen LogP contribution is 2.69. The molecule has 0 aliphatic heterocycles. The fraction of sp³-hybridized carbons (Fsp3) is 0.130. The molecule has 1 unspecified atom stereocenters. The highest BCUT2D eigenvalue weighted by atomic mass is 32.1. The van der Waals surface area contributed by atoms with Crippen molar-refractivity contribution in [2.75, 3.05) is 0 Å². The largest absolute Gasteiger partial charge is 0.152 e. The maximum Gasteiger partial charge on any atom is 0.0679 e. The van der Waals surface area contributed by atoms with Crippen LogP contribution in [0.25, 0.3) is 5.57 Å². The van der Waals surface area contributed by atoms with Crippen molar-refractivity contribution in [2.24, 2.45) is 5.92 Å². The van der Waals surface area contributed by atoms with Crippen LogP contribution in [0.5, 0.6) is 0 Å². The number of allylic oxidation sites excluding steroid dienone is 4. The summed E-state index contributed by atoms with van der Waals surface area (Å²) >= 11 is 1.78. The number of benzene rings is 2. The molecule has 0 N–H and O–H groups in total. The van der Waals surface area contributed by atoms with Gasteiger partial charge in [-0.05, 0) is 56.2 Å². The quantitative estimate of drug-likeness (QED) is 0.547. The van der Waals surface area contributed by atoms with E-state index in [4.69, 9.17) is 0 Å². The van der Waals surface area contributed by atoms with Crippen LogP contribution in [0.3, 0.4) is 0 Å². The van der Waals surface area contributed by atoms with Crippen LogP contribution in [0.2, 0.25) is 0 Å². The molecule has 0 spiro atoms. The lowest BCUT2D eigenvalue weighted by Crippen LogP contribution is -2.20. The Bertz CT molecular complexity index is 904. The van der Waals surface area contributed by atoms with Gasteiger partial charge in [-0.1, -0.05) is 73.7 Å². The van der Waals surface area contributed by atoms with Crippen LogP contribution < -0.4 is 0 Å². The summed E-state index contributed by atoms with van der Waals surface area (Å²) in [5, 5.41) is 4.45. The molecule has 116 valence electrons. The van der Waals surface area contributed by atoms with E-state index in [-0.39, 0.29) is 5.41 Å². The van der Waals surface area contributed by atoms with Crippen LogP contribution in [0.1, 0.15) is 23.6 Å². The van der Waals surface area contributed by atoms with Gasteiger partial charge in [0.25, 0.3) is 0 Å². The first-order chi connectivity index (χ1) is 11.8. The number of hydrogen-bond donors (Lipinski definition) is 0. The average molecular weight is 326 g/mol. The molecular formula is C23H18S. The van der Waals surface area contributed by atoms with Crippen molar-refractivity contribution in [3.63, 3.8) is 0 Å². The molecule has 0 fully saturated rings. The fourth-order valence-corrected chi connectivity index (χ4v) is 5.09. The van der Waals surface area contributed by atoms with Crippen LogP contribution in [-0.4, -0.2) is 0 Å². The van der Waals surface area contributed by atoms with Gasteiger partial charge in [-0.2, -0.15) is 11.3 Å². The molecule has 5 rings (SSSR count). The SMILES string of the molecule is CC1C=C(c2ccsc2)C2=C1C2(c1ccccc1)c1ccccc1. The van der Waals surface area contributed by atoms with Gasteiger partial charge < -0.3 is 0 Å². The maximum atomic E-state index is 2.44. The highest BCUT2D eigenvalue weighted by molar-refractivity contribution is 7.08. The molecule has 0 saturated heterocycles. The van der Waals surface area contributed by atoms with E-state index in [9.17, 15) is 0 Å². The van der Waals surface area contributed by atoms with Gasteiger partial charge >= 0.3 is 0 Å². The third kappa shape index (κ3) is 1.73. The molecular weight excluding hydrogens is 308 g/mol. The molecule has 0 nitrogen and oxygen atoms in total. The van der Waals surface area contributed by atoms with E-state index in [1.807, 2.05) is 0 Å². The van der Waals surface area contributed by atoms with Crippen molar-refractivity contribution in [1.29, 1.82) is 0 Å². The lowest BCUT2D eigenvalue weighted by Gasteiger charge is -2.27. The van der Waals surface area contributed by atoms with Gasteiger partial charge in [0.1, 0.15) is 0 Å². The molecule has 0 bridgehead atoms. The Morgan fingerprint density at radius 1 is 0.833 bits per heavy atom. The minimum Gasteiger partial charge on any atom is -0.152 e. The van der Waals surface area contributed by atoms with Crippen LogP contribution in [0, 0.1) is 5.92 Å². The van der Waals surface area contributed by atoms with E-state index in [1.165, 1.54) is 27.8 Å². The van der Waals surface area contributed by atoms with Gasteiger partial charge in [0.15, 0.2) is 0 Å². The zero-order chi connectivity index (χ0) is 16.1. The highest BCUT2D eigenvalue weighted by Gasteiger charge is 2.60. The van der Waals surface area contributed by atoms with E-state index in [2.05, 4.69) is 90.5 Å². The summed E-state index contributed by atoms with van der Waals surface area (Å²) in [7, 11) is 0. The third-order valence-electron chi connectivity index (χ3n) is 5.37. The molecule has 2 aliphatic carbocycles. The summed E-state index contributed by atoms with van der Waals surface area (Å²) in [6, 6.07) is 24.2. The first-order valence-corrected chi connectivity index (χ1v) is 9.38. The molecule has 3 aromatic rings. The Labute approximate surface area is 146 Å². The monoisotopic (exact) mass is 326 g/mol. The second-order valence-corrected chi connectivity index (χ2v) is 7.43. The molecule has 1 heteroatoms. The van der Waals surface area contributed by atoms with Crippen molar-refractivity contribution in [1.82, 2.24) is 0 Å². The van der Waals surface area contributed by atoms with Crippen molar-refractivity contribution in [3.8, 4) is 0 Å². The second-order valence-electron chi connectivity index (χ2n) is 6.65. The van der Waals surface area contributed by atoms with Gasteiger partial charge in [-0.3, -0.25) is 0 Å². The molecule has 1 atom stereocenters. The predicted molar refractivity (Wildman–Crippen MR) is 102 cm³/mol. The molecule has 2 aliphatic rings. The molecule has 0 amide bonds. The van der Waals surface area contributed by atoms with E-state index >= 15 is 0 Å². The van der Waals surface area contributed by atoms with Gasteiger partial charge in [0.2, 0.25) is 0 Å². The van der Waals surface area contributed by atoms with Crippen molar-refractivity contribution < 1.29 is 0 Å².